The Hall–Kier alpha value is -2.92. The van der Waals surface area contributed by atoms with Gasteiger partial charge in [0.2, 0.25) is 0 Å². The maximum absolute atomic E-state index is 11.8. The molecule has 1 aromatic heterocycles. The summed E-state index contributed by atoms with van der Waals surface area (Å²) in [7, 11) is 0. The molecular weight excluding hydrogens is 314 g/mol. The molecule has 3 rings (SSSR count). The average Bonchev–Trinajstić information content (AvgIpc) is 2.58. The van der Waals surface area contributed by atoms with E-state index in [1.807, 2.05) is 30.3 Å². The van der Waals surface area contributed by atoms with Crippen molar-refractivity contribution < 1.29 is 9.53 Å². The van der Waals surface area contributed by atoms with Crippen LogP contribution < -0.4 is 10.1 Å². The number of ether oxygens (including phenoxy) is 1. The molecule has 0 radical (unpaired) electrons. The monoisotopic (exact) mass is 325 g/mol. The minimum atomic E-state index is -0.752. The lowest BCUT2D eigenvalue weighted by molar-refractivity contribution is 0.210. The number of para-hydroxylation sites is 2. The number of aromatic nitrogens is 2. The number of rotatable bonds is 2. The van der Waals surface area contributed by atoms with Gasteiger partial charge in [0.1, 0.15) is 0 Å². The van der Waals surface area contributed by atoms with Crippen LogP contribution in [0.15, 0.2) is 78.0 Å². The van der Waals surface area contributed by atoms with E-state index in [0.29, 0.717) is 10.4 Å². The Kier molecular flexibility index (Phi) is 4.49. The molecule has 0 fully saturated rings. The number of nitrogens with zero attached hydrogens (tertiary/aromatic N) is 3. The van der Waals surface area contributed by atoms with Crippen LogP contribution in [0.4, 0.5) is 4.79 Å². The second-order valence-electron chi connectivity index (χ2n) is 4.58. The topological polar surface area (TPSA) is 56.5 Å². The summed E-state index contributed by atoms with van der Waals surface area (Å²) < 4.78 is 6.77. The highest BCUT2D eigenvalue weighted by molar-refractivity contribution is 6.32. The summed E-state index contributed by atoms with van der Waals surface area (Å²) in [6, 6.07) is 18.0. The summed E-state index contributed by atoms with van der Waals surface area (Å²) in [5, 5.41) is 4.96. The van der Waals surface area contributed by atoms with Gasteiger partial charge in [0.15, 0.2) is 5.75 Å². The number of carbonyl (C=O) groups is 1. The van der Waals surface area contributed by atoms with E-state index in [2.05, 4.69) is 10.1 Å². The van der Waals surface area contributed by atoms with Crippen molar-refractivity contribution in [1.29, 1.82) is 0 Å². The third-order valence-electron chi connectivity index (χ3n) is 2.98. The summed E-state index contributed by atoms with van der Waals surface area (Å²) in [5.74, 6) is 0.270. The summed E-state index contributed by atoms with van der Waals surface area (Å²) in [5.41, 5.74) is 0.915. The highest BCUT2D eigenvalue weighted by atomic mass is 35.5. The number of hydrogen-bond donors (Lipinski definition) is 0. The van der Waals surface area contributed by atoms with E-state index in [4.69, 9.17) is 16.3 Å². The van der Waals surface area contributed by atoms with Gasteiger partial charge in [-0.15, -0.1) is 0 Å². The number of carbonyl (C=O) groups excluding carboxylic acids is 1. The quantitative estimate of drug-likeness (QED) is 0.723. The van der Waals surface area contributed by atoms with Crippen LogP contribution in [-0.2, 0) is 0 Å². The first-order valence-electron chi connectivity index (χ1n) is 6.84. The predicted molar refractivity (Wildman–Crippen MR) is 86.6 cm³/mol. The van der Waals surface area contributed by atoms with Crippen LogP contribution in [0.5, 0.6) is 5.75 Å². The van der Waals surface area contributed by atoms with E-state index < -0.39 is 6.09 Å². The van der Waals surface area contributed by atoms with Gasteiger partial charge in [0, 0.05) is 6.20 Å². The van der Waals surface area contributed by atoms with Gasteiger partial charge < -0.3 is 4.74 Å². The Morgan fingerprint density at radius 2 is 1.78 bits per heavy atom. The van der Waals surface area contributed by atoms with Gasteiger partial charge >= 0.3 is 6.09 Å². The first-order valence-corrected chi connectivity index (χ1v) is 7.22. The normalized spacial score (nSPS) is 11.3. The molecule has 0 unspecified atom stereocenters. The second-order valence-corrected chi connectivity index (χ2v) is 4.98. The zero-order valence-electron chi connectivity index (χ0n) is 12.0. The molecule has 0 saturated heterocycles. The van der Waals surface area contributed by atoms with E-state index >= 15 is 0 Å². The largest absolute Gasteiger partial charge is 0.439 e. The lowest BCUT2D eigenvalue weighted by Crippen LogP contribution is -2.13. The van der Waals surface area contributed by atoms with Crippen LogP contribution in [-0.4, -0.2) is 15.9 Å². The minimum Gasteiger partial charge on any atom is -0.407 e. The molecule has 5 nitrogen and oxygen atoms in total. The lowest BCUT2D eigenvalue weighted by atomic mass is 10.3. The van der Waals surface area contributed by atoms with Gasteiger partial charge in [-0.2, -0.15) is 10.1 Å². The first kappa shape index (κ1) is 15.0. The molecular formula is C17H12ClN3O2. The van der Waals surface area contributed by atoms with Crippen LogP contribution in [0, 0.1) is 0 Å². The average molecular weight is 326 g/mol. The number of halogens is 1. The minimum absolute atomic E-state index is 0.270. The van der Waals surface area contributed by atoms with Crippen molar-refractivity contribution in [3.05, 3.63) is 83.4 Å². The van der Waals surface area contributed by atoms with E-state index in [1.165, 1.54) is 6.20 Å². The van der Waals surface area contributed by atoms with Gasteiger partial charge in [0.25, 0.3) is 0 Å². The summed E-state index contributed by atoms with van der Waals surface area (Å²) in [6.45, 7) is 0. The van der Waals surface area contributed by atoms with Gasteiger partial charge in [0.05, 0.1) is 22.3 Å². The molecule has 1 heterocycles. The van der Waals surface area contributed by atoms with Gasteiger partial charge in [-0.05, 0) is 30.3 Å². The van der Waals surface area contributed by atoms with Crippen molar-refractivity contribution in [1.82, 2.24) is 9.78 Å². The molecule has 23 heavy (non-hydrogen) atoms. The summed E-state index contributed by atoms with van der Waals surface area (Å²) in [4.78, 5) is 15.6. The first-order chi connectivity index (χ1) is 11.2. The Morgan fingerprint density at radius 1 is 1.04 bits per heavy atom. The second kappa shape index (κ2) is 6.89. The van der Waals surface area contributed by atoms with E-state index in [9.17, 15) is 4.79 Å². The molecule has 0 atom stereocenters. The van der Waals surface area contributed by atoms with Crippen molar-refractivity contribution in [2.45, 2.75) is 0 Å². The highest BCUT2D eigenvalue weighted by Crippen LogP contribution is 2.23. The van der Waals surface area contributed by atoms with Crippen LogP contribution in [0.2, 0.25) is 5.02 Å². The van der Waals surface area contributed by atoms with Crippen molar-refractivity contribution in [2.75, 3.05) is 0 Å². The molecule has 0 N–H and O–H groups in total. The molecule has 0 spiro atoms. The number of benzene rings is 2. The van der Waals surface area contributed by atoms with Crippen LogP contribution in [0.3, 0.4) is 0 Å². The van der Waals surface area contributed by atoms with Gasteiger partial charge in [-0.25, -0.2) is 9.48 Å². The highest BCUT2D eigenvalue weighted by Gasteiger charge is 2.05. The summed E-state index contributed by atoms with van der Waals surface area (Å²) >= 11 is 5.93. The lowest BCUT2D eigenvalue weighted by Gasteiger charge is -2.04. The molecule has 0 saturated carbocycles. The fourth-order valence-corrected chi connectivity index (χ4v) is 2.07. The smallest absolute Gasteiger partial charge is 0.407 e. The van der Waals surface area contributed by atoms with E-state index in [-0.39, 0.29) is 5.75 Å². The van der Waals surface area contributed by atoms with Crippen LogP contribution >= 0.6 is 11.6 Å². The maximum atomic E-state index is 11.8. The molecule has 0 aliphatic rings. The predicted octanol–water partition coefficient (Wildman–Crippen LogP) is 3.63. The fourth-order valence-electron chi connectivity index (χ4n) is 1.90. The van der Waals surface area contributed by atoms with Crippen molar-refractivity contribution in [3.63, 3.8) is 0 Å². The molecule has 0 aliphatic carbocycles. The van der Waals surface area contributed by atoms with Gasteiger partial charge in [-0.1, -0.05) is 41.9 Å². The number of hydrogen-bond acceptors (Lipinski definition) is 3. The Labute approximate surface area is 137 Å². The molecule has 0 aliphatic heterocycles. The van der Waals surface area contributed by atoms with Crippen molar-refractivity contribution in [3.8, 4) is 11.4 Å². The molecule has 0 bridgehead atoms. The van der Waals surface area contributed by atoms with Crippen molar-refractivity contribution in [2.24, 2.45) is 4.99 Å². The molecule has 6 heteroatoms. The number of amides is 1. The third kappa shape index (κ3) is 3.84. The Balaban J connectivity index is 1.78. The van der Waals surface area contributed by atoms with E-state index in [0.717, 1.165) is 5.69 Å². The standard InChI is InChI=1S/C17H12ClN3O2/c18-15-8-4-5-9-16(15)23-17(22)20-13-10-11-21(19-12-13)14-6-2-1-3-7-14/h1-12H. The van der Waals surface area contributed by atoms with Crippen LogP contribution in [0.1, 0.15) is 0 Å². The Bertz CT molecular complexity index is 871. The maximum Gasteiger partial charge on any atom is 0.439 e. The van der Waals surface area contributed by atoms with Gasteiger partial charge in [-0.3, -0.25) is 0 Å². The van der Waals surface area contributed by atoms with Crippen LogP contribution in [0.25, 0.3) is 5.69 Å². The van der Waals surface area contributed by atoms with Crippen molar-refractivity contribution >= 4 is 17.7 Å². The third-order valence-corrected chi connectivity index (χ3v) is 3.29. The SMILES string of the molecule is O=C(N=c1ccn(-c2ccccc2)nc1)Oc1ccccc1Cl. The molecule has 1 amide bonds. The van der Waals surface area contributed by atoms with E-state index in [1.54, 1.807) is 41.2 Å². The fraction of sp³-hybridized carbons (Fsp3) is 0. The summed E-state index contributed by atoms with van der Waals surface area (Å²) in [6.07, 6.45) is 2.45. The molecule has 114 valence electrons. The molecule has 2 aromatic carbocycles. The zero-order chi connectivity index (χ0) is 16.1. The Morgan fingerprint density at radius 3 is 2.48 bits per heavy atom. The zero-order valence-corrected chi connectivity index (χ0v) is 12.7. The molecule has 3 aromatic rings.